The number of hydrogen-bond acceptors (Lipinski definition) is 5. The molecule has 6 nitrogen and oxygen atoms in total. The van der Waals surface area contributed by atoms with E-state index in [0.717, 1.165) is 11.1 Å². The van der Waals surface area contributed by atoms with Gasteiger partial charge < -0.3 is 14.8 Å². The monoisotopic (exact) mass is 429 g/mol. The summed E-state index contributed by atoms with van der Waals surface area (Å²) in [6, 6.07) is 22.0. The molecule has 1 aromatic heterocycles. The number of amides is 1. The molecule has 4 rings (SSSR count). The molecule has 0 saturated carbocycles. The number of hydrogen-bond donors (Lipinski definition) is 1. The summed E-state index contributed by atoms with van der Waals surface area (Å²) in [6.07, 6.45) is 1.42. The number of halogens is 1. The Hall–Kier alpha value is -4.26. The lowest BCUT2D eigenvalue weighted by Crippen LogP contribution is -2.22. The maximum Gasteiger partial charge on any atom is 0.251 e. The number of carbonyl (C=O) groups excluding carboxylic acids is 1. The van der Waals surface area contributed by atoms with Gasteiger partial charge in [0.25, 0.3) is 5.91 Å². The average molecular weight is 429 g/mol. The van der Waals surface area contributed by atoms with Gasteiger partial charge in [-0.25, -0.2) is 14.4 Å². The first kappa shape index (κ1) is 21.0. The van der Waals surface area contributed by atoms with Crippen LogP contribution in [-0.4, -0.2) is 23.0 Å². The minimum atomic E-state index is -0.308. The van der Waals surface area contributed by atoms with Crippen molar-refractivity contribution in [3.63, 3.8) is 0 Å². The molecule has 0 saturated heterocycles. The highest BCUT2D eigenvalue weighted by Gasteiger charge is 2.08. The van der Waals surface area contributed by atoms with E-state index in [4.69, 9.17) is 9.47 Å². The number of rotatable bonds is 7. The quantitative estimate of drug-likeness (QED) is 0.447. The van der Waals surface area contributed by atoms with E-state index in [2.05, 4.69) is 15.3 Å². The molecule has 0 atom stereocenters. The van der Waals surface area contributed by atoms with Gasteiger partial charge in [0, 0.05) is 29.8 Å². The minimum absolute atomic E-state index is 0.217. The van der Waals surface area contributed by atoms with Crippen LogP contribution in [0.5, 0.6) is 17.4 Å². The number of ether oxygens (including phenoxy) is 2. The van der Waals surface area contributed by atoms with Crippen molar-refractivity contribution >= 4 is 5.91 Å². The van der Waals surface area contributed by atoms with E-state index in [-0.39, 0.29) is 11.7 Å². The third-order valence-corrected chi connectivity index (χ3v) is 4.71. The Morgan fingerprint density at radius 1 is 0.938 bits per heavy atom. The first-order valence-electron chi connectivity index (χ1n) is 9.88. The van der Waals surface area contributed by atoms with Crippen LogP contribution >= 0.6 is 0 Å². The summed E-state index contributed by atoms with van der Waals surface area (Å²) in [5.74, 6) is 1.15. The highest BCUT2D eigenvalue weighted by atomic mass is 19.1. The van der Waals surface area contributed by atoms with E-state index in [1.54, 1.807) is 43.5 Å². The van der Waals surface area contributed by atoms with Crippen LogP contribution < -0.4 is 14.8 Å². The van der Waals surface area contributed by atoms with Crippen LogP contribution in [0.3, 0.4) is 0 Å². The van der Waals surface area contributed by atoms with Crippen molar-refractivity contribution in [2.45, 2.75) is 6.54 Å². The lowest BCUT2D eigenvalue weighted by molar-refractivity contribution is 0.0951. The van der Waals surface area contributed by atoms with Gasteiger partial charge >= 0.3 is 0 Å². The average Bonchev–Trinajstić information content (AvgIpc) is 2.84. The van der Waals surface area contributed by atoms with Crippen LogP contribution in [0.2, 0.25) is 0 Å². The zero-order chi connectivity index (χ0) is 22.3. The molecule has 32 heavy (non-hydrogen) atoms. The molecule has 0 bridgehead atoms. The largest absolute Gasteiger partial charge is 0.497 e. The van der Waals surface area contributed by atoms with Crippen molar-refractivity contribution in [3.05, 3.63) is 102 Å². The second-order valence-corrected chi connectivity index (χ2v) is 6.91. The normalized spacial score (nSPS) is 10.4. The number of nitrogens with zero attached hydrogens (tertiary/aromatic N) is 2. The van der Waals surface area contributed by atoms with E-state index >= 15 is 0 Å². The Bertz CT molecular complexity index is 1210. The molecule has 0 spiro atoms. The van der Waals surface area contributed by atoms with E-state index in [1.807, 2.05) is 30.3 Å². The van der Waals surface area contributed by atoms with E-state index in [9.17, 15) is 9.18 Å². The third kappa shape index (κ3) is 5.26. The molecule has 1 heterocycles. The van der Waals surface area contributed by atoms with Crippen molar-refractivity contribution < 1.29 is 18.7 Å². The molecule has 0 fully saturated rings. The van der Waals surface area contributed by atoms with Gasteiger partial charge in [-0.15, -0.1) is 0 Å². The lowest BCUT2D eigenvalue weighted by Gasteiger charge is -2.08. The Morgan fingerprint density at radius 3 is 2.44 bits per heavy atom. The number of nitrogens with one attached hydrogen (secondary N) is 1. The standard InChI is InChI=1S/C25H20FN3O3/c1-31-21-3-2-4-22(13-21)32-24-14-23(28-16-29-24)18-7-9-19(10-8-18)25(30)27-15-17-5-11-20(26)12-6-17/h2-14,16H,15H2,1H3,(H,27,30). The van der Waals surface area contributed by atoms with Gasteiger partial charge in [-0.05, 0) is 42.0 Å². The maximum absolute atomic E-state index is 13.0. The third-order valence-electron chi connectivity index (χ3n) is 4.71. The van der Waals surface area contributed by atoms with Crippen LogP contribution in [-0.2, 0) is 6.54 Å². The van der Waals surface area contributed by atoms with Gasteiger partial charge in [0.2, 0.25) is 5.88 Å². The molecule has 160 valence electrons. The van der Waals surface area contributed by atoms with Crippen molar-refractivity contribution in [1.82, 2.24) is 15.3 Å². The molecule has 3 aromatic carbocycles. The van der Waals surface area contributed by atoms with Crippen molar-refractivity contribution in [1.29, 1.82) is 0 Å². The van der Waals surface area contributed by atoms with Crippen molar-refractivity contribution in [2.75, 3.05) is 7.11 Å². The van der Waals surface area contributed by atoms with Crippen molar-refractivity contribution in [2.24, 2.45) is 0 Å². The Morgan fingerprint density at radius 2 is 1.69 bits per heavy atom. The molecule has 1 amide bonds. The zero-order valence-corrected chi connectivity index (χ0v) is 17.3. The highest BCUT2D eigenvalue weighted by molar-refractivity contribution is 5.94. The van der Waals surface area contributed by atoms with E-state index in [1.165, 1.54) is 18.5 Å². The molecule has 0 aliphatic carbocycles. The second kappa shape index (κ2) is 9.70. The first-order chi connectivity index (χ1) is 15.6. The smallest absolute Gasteiger partial charge is 0.251 e. The summed E-state index contributed by atoms with van der Waals surface area (Å²) < 4.78 is 24.0. The predicted molar refractivity (Wildman–Crippen MR) is 118 cm³/mol. The number of methoxy groups -OCH3 is 1. The zero-order valence-electron chi connectivity index (χ0n) is 17.3. The summed E-state index contributed by atoms with van der Waals surface area (Å²) in [5, 5.41) is 2.82. The minimum Gasteiger partial charge on any atom is -0.497 e. The first-order valence-corrected chi connectivity index (χ1v) is 9.88. The number of benzene rings is 3. The molecule has 4 aromatic rings. The lowest BCUT2D eigenvalue weighted by atomic mass is 10.1. The molecule has 0 radical (unpaired) electrons. The van der Waals surface area contributed by atoms with Gasteiger partial charge in [-0.3, -0.25) is 4.79 Å². The van der Waals surface area contributed by atoms with Crippen LogP contribution in [0.25, 0.3) is 11.3 Å². The van der Waals surface area contributed by atoms with Gasteiger partial charge in [0.05, 0.1) is 12.8 Å². The topological polar surface area (TPSA) is 73.3 Å². The molecular formula is C25H20FN3O3. The van der Waals surface area contributed by atoms with Crippen LogP contribution in [0.4, 0.5) is 4.39 Å². The summed E-state index contributed by atoms with van der Waals surface area (Å²) in [7, 11) is 1.59. The molecule has 0 unspecified atom stereocenters. The van der Waals surface area contributed by atoms with Crippen LogP contribution in [0, 0.1) is 5.82 Å². The van der Waals surface area contributed by atoms with Crippen LogP contribution in [0.1, 0.15) is 15.9 Å². The Balaban J connectivity index is 1.42. The second-order valence-electron chi connectivity index (χ2n) is 6.91. The van der Waals surface area contributed by atoms with Gasteiger partial charge in [0.15, 0.2) is 0 Å². The van der Waals surface area contributed by atoms with Gasteiger partial charge in [-0.2, -0.15) is 0 Å². The maximum atomic E-state index is 13.0. The fourth-order valence-electron chi connectivity index (χ4n) is 3.02. The fourth-order valence-corrected chi connectivity index (χ4v) is 3.02. The number of aromatic nitrogens is 2. The molecule has 0 aliphatic rings. The molecule has 0 aliphatic heterocycles. The Kier molecular flexibility index (Phi) is 6.36. The summed E-state index contributed by atoms with van der Waals surface area (Å²) in [4.78, 5) is 20.9. The molecule has 7 heteroatoms. The van der Waals surface area contributed by atoms with Crippen molar-refractivity contribution in [3.8, 4) is 28.6 Å². The SMILES string of the molecule is COc1cccc(Oc2cc(-c3ccc(C(=O)NCc4ccc(F)cc4)cc3)ncn2)c1. The number of carbonyl (C=O) groups is 1. The fraction of sp³-hybridized carbons (Fsp3) is 0.0800. The summed E-state index contributed by atoms with van der Waals surface area (Å²) in [5.41, 5.74) is 2.81. The highest BCUT2D eigenvalue weighted by Crippen LogP contribution is 2.26. The van der Waals surface area contributed by atoms with E-state index in [0.29, 0.717) is 35.2 Å². The van der Waals surface area contributed by atoms with Crippen LogP contribution in [0.15, 0.2) is 85.2 Å². The summed E-state index contributed by atoms with van der Waals surface area (Å²) in [6.45, 7) is 0.317. The van der Waals surface area contributed by atoms with Gasteiger partial charge in [-0.1, -0.05) is 30.3 Å². The summed E-state index contributed by atoms with van der Waals surface area (Å²) >= 11 is 0. The predicted octanol–water partition coefficient (Wildman–Crippen LogP) is 5.01. The Labute approximate surface area is 184 Å². The van der Waals surface area contributed by atoms with Gasteiger partial charge in [0.1, 0.15) is 23.6 Å². The van der Waals surface area contributed by atoms with E-state index < -0.39 is 0 Å². The molecule has 1 N–H and O–H groups in total. The molecular weight excluding hydrogens is 409 g/mol.